The summed E-state index contributed by atoms with van der Waals surface area (Å²) in [6.45, 7) is 8.30. The zero-order valence-corrected chi connectivity index (χ0v) is 15.1. The fourth-order valence-corrected chi connectivity index (χ4v) is 5.57. The number of aliphatic hydroxyl groups excluding tert-OH is 1. The molecular formula is C19H35N3O2. The van der Waals surface area contributed by atoms with Crippen LogP contribution in [0.4, 0.5) is 0 Å². The Morgan fingerprint density at radius 2 is 1.58 bits per heavy atom. The number of aliphatic hydroxyl groups is 1. The lowest BCUT2D eigenvalue weighted by Crippen LogP contribution is -2.47. The van der Waals surface area contributed by atoms with Crippen LogP contribution in [0.3, 0.4) is 0 Å². The van der Waals surface area contributed by atoms with Gasteiger partial charge in [-0.05, 0) is 76.5 Å². The predicted molar refractivity (Wildman–Crippen MR) is 95.2 cm³/mol. The third-order valence-electron chi connectivity index (χ3n) is 7.25. The Bertz CT molecular complexity index is 403. The van der Waals surface area contributed by atoms with E-state index in [2.05, 4.69) is 15.1 Å². The van der Waals surface area contributed by atoms with Gasteiger partial charge in [-0.1, -0.05) is 0 Å². The van der Waals surface area contributed by atoms with Crippen LogP contribution in [0.15, 0.2) is 0 Å². The number of hydrogen-bond donors (Lipinski definition) is 2. The Kier molecular flexibility index (Phi) is 5.44. The van der Waals surface area contributed by atoms with Gasteiger partial charge in [0.05, 0.1) is 25.4 Å². The second-order valence-corrected chi connectivity index (χ2v) is 8.58. The minimum absolute atomic E-state index is 0.231. The van der Waals surface area contributed by atoms with Gasteiger partial charge in [0.25, 0.3) is 0 Å². The Labute approximate surface area is 146 Å². The van der Waals surface area contributed by atoms with Gasteiger partial charge in [0, 0.05) is 19.1 Å². The van der Waals surface area contributed by atoms with Gasteiger partial charge in [-0.25, -0.2) is 0 Å². The Balaban J connectivity index is 1.28. The topological polar surface area (TPSA) is 48.0 Å². The molecule has 2 atom stereocenters. The quantitative estimate of drug-likeness (QED) is 0.789. The molecule has 5 heteroatoms. The van der Waals surface area contributed by atoms with Crippen LogP contribution in [0.25, 0.3) is 0 Å². The van der Waals surface area contributed by atoms with E-state index in [-0.39, 0.29) is 12.1 Å². The molecule has 1 spiro atoms. The summed E-state index contributed by atoms with van der Waals surface area (Å²) in [5.74, 6) is 0. The Morgan fingerprint density at radius 1 is 0.875 bits per heavy atom. The van der Waals surface area contributed by atoms with Crippen LogP contribution in [-0.2, 0) is 4.74 Å². The maximum atomic E-state index is 10.1. The first-order valence-corrected chi connectivity index (χ1v) is 10.2. The average molecular weight is 338 g/mol. The molecule has 4 rings (SSSR count). The van der Waals surface area contributed by atoms with Crippen molar-refractivity contribution in [3.05, 3.63) is 0 Å². The number of hydrogen-bond acceptors (Lipinski definition) is 5. The molecule has 3 aliphatic heterocycles. The highest BCUT2D eigenvalue weighted by Crippen LogP contribution is 2.44. The largest absolute Gasteiger partial charge is 0.389 e. The third kappa shape index (κ3) is 3.65. The molecule has 0 amide bonds. The molecule has 0 bridgehead atoms. The highest BCUT2D eigenvalue weighted by atomic mass is 16.5. The fraction of sp³-hybridized carbons (Fsp3) is 1.00. The standard InChI is InChI=1S/C19H35N3O2/c23-18-15-24-14-17(18)22-11-1-10-21(12-13-22)16-2-4-19(5-3-16)6-8-20-9-7-19/h16-18,20,23H,1-15H2/t17-,18-/m1/s1. The van der Waals surface area contributed by atoms with Crippen molar-refractivity contribution in [2.75, 3.05) is 52.5 Å². The van der Waals surface area contributed by atoms with Crippen LogP contribution in [-0.4, -0.2) is 85.6 Å². The molecule has 0 radical (unpaired) electrons. The van der Waals surface area contributed by atoms with E-state index in [1.807, 2.05) is 0 Å². The zero-order valence-electron chi connectivity index (χ0n) is 15.1. The van der Waals surface area contributed by atoms with Gasteiger partial charge in [0.2, 0.25) is 0 Å². The third-order valence-corrected chi connectivity index (χ3v) is 7.25. The van der Waals surface area contributed by atoms with E-state index in [1.165, 1.54) is 71.1 Å². The first kappa shape index (κ1) is 17.2. The van der Waals surface area contributed by atoms with Crippen molar-refractivity contribution in [3.8, 4) is 0 Å². The van der Waals surface area contributed by atoms with Crippen LogP contribution in [0.2, 0.25) is 0 Å². The molecule has 1 saturated carbocycles. The highest BCUT2D eigenvalue weighted by Gasteiger charge is 2.38. The highest BCUT2D eigenvalue weighted by molar-refractivity contribution is 4.93. The van der Waals surface area contributed by atoms with Gasteiger partial charge in [0.15, 0.2) is 0 Å². The first-order valence-electron chi connectivity index (χ1n) is 10.2. The summed E-state index contributed by atoms with van der Waals surface area (Å²) in [6, 6.07) is 1.03. The molecule has 3 saturated heterocycles. The monoisotopic (exact) mass is 337 g/mol. The predicted octanol–water partition coefficient (Wildman–Crippen LogP) is 1.07. The van der Waals surface area contributed by atoms with Crippen LogP contribution < -0.4 is 5.32 Å². The van der Waals surface area contributed by atoms with Crippen LogP contribution in [0.1, 0.15) is 44.9 Å². The minimum atomic E-state index is -0.286. The molecule has 0 unspecified atom stereocenters. The minimum Gasteiger partial charge on any atom is -0.389 e. The maximum Gasteiger partial charge on any atom is 0.0950 e. The van der Waals surface area contributed by atoms with Crippen molar-refractivity contribution in [1.29, 1.82) is 0 Å². The van der Waals surface area contributed by atoms with Crippen LogP contribution in [0, 0.1) is 5.41 Å². The Hall–Kier alpha value is -0.200. The molecule has 24 heavy (non-hydrogen) atoms. The molecule has 5 nitrogen and oxygen atoms in total. The van der Waals surface area contributed by atoms with E-state index in [4.69, 9.17) is 4.74 Å². The lowest BCUT2D eigenvalue weighted by atomic mass is 9.67. The summed E-state index contributed by atoms with van der Waals surface area (Å²) in [5.41, 5.74) is 0.672. The van der Waals surface area contributed by atoms with Gasteiger partial charge in [-0.15, -0.1) is 0 Å². The van der Waals surface area contributed by atoms with E-state index in [1.54, 1.807) is 0 Å². The van der Waals surface area contributed by atoms with Crippen LogP contribution >= 0.6 is 0 Å². The van der Waals surface area contributed by atoms with Crippen molar-refractivity contribution in [2.24, 2.45) is 5.41 Å². The van der Waals surface area contributed by atoms with Crippen molar-refractivity contribution >= 4 is 0 Å². The molecule has 2 N–H and O–H groups in total. The smallest absolute Gasteiger partial charge is 0.0950 e. The molecular weight excluding hydrogens is 302 g/mol. The molecule has 4 aliphatic rings. The van der Waals surface area contributed by atoms with Crippen molar-refractivity contribution in [3.63, 3.8) is 0 Å². The first-order chi connectivity index (χ1) is 11.8. The molecule has 4 fully saturated rings. The number of rotatable bonds is 2. The molecule has 0 aromatic rings. The van der Waals surface area contributed by atoms with Crippen molar-refractivity contribution < 1.29 is 9.84 Å². The summed E-state index contributed by atoms with van der Waals surface area (Å²) in [4.78, 5) is 5.24. The molecule has 0 aromatic heterocycles. The number of nitrogens with zero attached hydrogens (tertiary/aromatic N) is 2. The summed E-state index contributed by atoms with van der Waals surface area (Å²) < 4.78 is 5.46. The van der Waals surface area contributed by atoms with E-state index in [9.17, 15) is 5.11 Å². The number of nitrogens with one attached hydrogen (secondary N) is 1. The van der Waals surface area contributed by atoms with Crippen molar-refractivity contribution in [2.45, 2.75) is 63.1 Å². The van der Waals surface area contributed by atoms with Gasteiger partial charge in [-0.2, -0.15) is 0 Å². The second kappa shape index (κ2) is 7.58. The average Bonchev–Trinajstić information content (AvgIpc) is 2.89. The summed E-state index contributed by atoms with van der Waals surface area (Å²) in [7, 11) is 0. The van der Waals surface area contributed by atoms with Gasteiger partial charge >= 0.3 is 0 Å². The number of piperidine rings is 1. The maximum absolute atomic E-state index is 10.1. The normalized spacial score (nSPS) is 36.9. The van der Waals surface area contributed by atoms with E-state index in [0.29, 0.717) is 18.6 Å². The molecule has 3 heterocycles. The lowest BCUT2D eigenvalue weighted by molar-refractivity contribution is 0.0610. The summed E-state index contributed by atoms with van der Waals surface area (Å²) in [5, 5.41) is 13.6. The van der Waals surface area contributed by atoms with E-state index >= 15 is 0 Å². The van der Waals surface area contributed by atoms with E-state index < -0.39 is 0 Å². The summed E-state index contributed by atoms with van der Waals surface area (Å²) in [6.07, 6.45) is 9.41. The SMILES string of the molecule is O[C@@H]1COC[C@H]1N1CCCN(C2CCC3(CCNCC3)CC2)CC1. The van der Waals surface area contributed by atoms with Crippen molar-refractivity contribution in [1.82, 2.24) is 15.1 Å². The summed E-state index contributed by atoms with van der Waals surface area (Å²) >= 11 is 0. The van der Waals surface area contributed by atoms with Gasteiger partial charge in [-0.3, -0.25) is 9.80 Å². The molecule has 0 aromatic carbocycles. The Morgan fingerprint density at radius 3 is 2.29 bits per heavy atom. The fourth-order valence-electron chi connectivity index (χ4n) is 5.57. The number of ether oxygens (including phenoxy) is 1. The van der Waals surface area contributed by atoms with Crippen LogP contribution in [0.5, 0.6) is 0 Å². The van der Waals surface area contributed by atoms with Gasteiger partial charge < -0.3 is 15.2 Å². The second-order valence-electron chi connectivity index (χ2n) is 8.58. The van der Waals surface area contributed by atoms with E-state index in [0.717, 1.165) is 19.1 Å². The van der Waals surface area contributed by atoms with Gasteiger partial charge in [0.1, 0.15) is 0 Å². The lowest BCUT2D eigenvalue weighted by Gasteiger charge is -2.45. The molecule has 1 aliphatic carbocycles. The zero-order chi connectivity index (χ0) is 16.4. The molecule has 138 valence electrons.